The Hall–Kier alpha value is -1.80. The molecule has 2 aliphatic rings. The van der Waals surface area contributed by atoms with E-state index in [1.165, 1.54) is 24.3 Å². The molecule has 0 N–H and O–H groups in total. The highest BCUT2D eigenvalue weighted by atomic mass is 32.2. The molecule has 0 spiro atoms. The summed E-state index contributed by atoms with van der Waals surface area (Å²) in [7, 11) is -2.91. The van der Waals surface area contributed by atoms with Crippen molar-refractivity contribution >= 4 is 21.5 Å². The predicted octanol–water partition coefficient (Wildman–Crippen LogP) is 1.12. The first-order chi connectivity index (χ1) is 12.3. The SMILES string of the molecule is O=C(CCC(=O)N1CCN([C@@H]2CCS(=O)(=O)C2)CC1)c1ccc(F)cc1. The largest absolute Gasteiger partial charge is 0.340 e. The van der Waals surface area contributed by atoms with Crippen molar-refractivity contribution in [2.24, 2.45) is 0 Å². The summed E-state index contributed by atoms with van der Waals surface area (Å²) >= 11 is 0. The van der Waals surface area contributed by atoms with Gasteiger partial charge in [-0.1, -0.05) is 0 Å². The zero-order chi connectivity index (χ0) is 18.7. The van der Waals surface area contributed by atoms with Gasteiger partial charge in [0.1, 0.15) is 5.82 Å². The Kier molecular flexibility index (Phi) is 5.72. The molecule has 6 nitrogen and oxygen atoms in total. The summed E-state index contributed by atoms with van der Waals surface area (Å²) in [6.45, 7) is 2.44. The summed E-state index contributed by atoms with van der Waals surface area (Å²) in [6, 6.07) is 5.39. The van der Waals surface area contributed by atoms with Crippen LogP contribution in [-0.2, 0) is 14.6 Å². The Morgan fingerprint density at radius 2 is 1.69 bits per heavy atom. The van der Waals surface area contributed by atoms with E-state index in [1.807, 2.05) is 0 Å². The number of halogens is 1. The molecular formula is C18H23FN2O4S. The monoisotopic (exact) mass is 382 g/mol. The van der Waals surface area contributed by atoms with Crippen LogP contribution in [0.1, 0.15) is 29.6 Å². The Morgan fingerprint density at radius 1 is 1.04 bits per heavy atom. The van der Waals surface area contributed by atoms with Crippen LogP contribution in [0, 0.1) is 5.82 Å². The molecule has 1 amide bonds. The van der Waals surface area contributed by atoms with E-state index in [2.05, 4.69) is 4.90 Å². The Balaban J connectivity index is 1.44. The number of nitrogens with zero attached hydrogens (tertiary/aromatic N) is 2. The van der Waals surface area contributed by atoms with Crippen LogP contribution in [0.5, 0.6) is 0 Å². The molecular weight excluding hydrogens is 359 g/mol. The summed E-state index contributed by atoms with van der Waals surface area (Å²) in [5.41, 5.74) is 0.409. The lowest BCUT2D eigenvalue weighted by atomic mass is 10.1. The highest BCUT2D eigenvalue weighted by molar-refractivity contribution is 7.91. The zero-order valence-corrected chi connectivity index (χ0v) is 15.4. The van der Waals surface area contributed by atoms with Crippen LogP contribution in [0.4, 0.5) is 4.39 Å². The molecule has 1 aromatic rings. The lowest BCUT2D eigenvalue weighted by Crippen LogP contribution is -2.52. The summed E-state index contributed by atoms with van der Waals surface area (Å²) in [5.74, 6) is -0.173. The minimum absolute atomic E-state index is 0.0669. The third-order valence-electron chi connectivity index (χ3n) is 5.12. The maximum Gasteiger partial charge on any atom is 0.223 e. The van der Waals surface area contributed by atoms with Crippen molar-refractivity contribution in [2.45, 2.75) is 25.3 Å². The summed E-state index contributed by atoms with van der Waals surface area (Å²) in [6.07, 6.45) is 0.905. The Morgan fingerprint density at radius 3 is 2.27 bits per heavy atom. The number of hydrogen-bond donors (Lipinski definition) is 0. The van der Waals surface area contributed by atoms with E-state index in [0.717, 1.165) is 0 Å². The number of hydrogen-bond acceptors (Lipinski definition) is 5. The van der Waals surface area contributed by atoms with Crippen molar-refractivity contribution in [3.8, 4) is 0 Å². The summed E-state index contributed by atoms with van der Waals surface area (Å²) in [4.78, 5) is 28.3. The maximum atomic E-state index is 12.9. The highest BCUT2D eigenvalue weighted by Gasteiger charge is 2.34. The molecule has 2 heterocycles. The van der Waals surface area contributed by atoms with Crippen LogP contribution in [0.3, 0.4) is 0 Å². The van der Waals surface area contributed by atoms with Crippen molar-refractivity contribution < 1.29 is 22.4 Å². The van der Waals surface area contributed by atoms with Crippen LogP contribution >= 0.6 is 0 Å². The molecule has 0 bridgehead atoms. The van der Waals surface area contributed by atoms with E-state index in [4.69, 9.17) is 0 Å². The van der Waals surface area contributed by atoms with E-state index in [9.17, 15) is 22.4 Å². The number of piperazine rings is 1. The molecule has 0 saturated carbocycles. The van der Waals surface area contributed by atoms with Crippen molar-refractivity contribution in [2.75, 3.05) is 37.7 Å². The van der Waals surface area contributed by atoms with Crippen LogP contribution < -0.4 is 0 Å². The van der Waals surface area contributed by atoms with E-state index in [1.54, 1.807) is 4.90 Å². The molecule has 142 valence electrons. The number of carbonyl (C=O) groups is 2. The number of benzene rings is 1. The van der Waals surface area contributed by atoms with Gasteiger partial charge in [-0.25, -0.2) is 12.8 Å². The molecule has 26 heavy (non-hydrogen) atoms. The van der Waals surface area contributed by atoms with Crippen LogP contribution in [0.2, 0.25) is 0 Å². The minimum atomic E-state index is -2.91. The van der Waals surface area contributed by atoms with E-state index < -0.39 is 15.7 Å². The van der Waals surface area contributed by atoms with Crippen molar-refractivity contribution in [1.82, 2.24) is 9.80 Å². The predicted molar refractivity (Wildman–Crippen MR) is 95.2 cm³/mol. The smallest absolute Gasteiger partial charge is 0.223 e. The fraction of sp³-hybridized carbons (Fsp3) is 0.556. The van der Waals surface area contributed by atoms with Gasteiger partial charge in [0.2, 0.25) is 5.91 Å². The first-order valence-corrected chi connectivity index (χ1v) is 10.7. The average molecular weight is 382 g/mol. The lowest BCUT2D eigenvalue weighted by Gasteiger charge is -2.37. The second kappa shape index (κ2) is 7.84. The van der Waals surface area contributed by atoms with Crippen molar-refractivity contribution in [3.63, 3.8) is 0 Å². The number of rotatable bonds is 5. The van der Waals surface area contributed by atoms with Gasteiger partial charge in [0.05, 0.1) is 11.5 Å². The van der Waals surface area contributed by atoms with E-state index >= 15 is 0 Å². The standard InChI is InChI=1S/C18H23FN2O4S/c19-15-3-1-14(2-4-15)17(22)5-6-18(23)21-10-8-20(9-11-21)16-7-12-26(24,25)13-16/h1-4,16H,5-13H2/t16-/m1/s1. The third kappa shape index (κ3) is 4.67. The number of sulfone groups is 1. The topological polar surface area (TPSA) is 74.8 Å². The first-order valence-electron chi connectivity index (χ1n) is 8.85. The van der Waals surface area contributed by atoms with Gasteiger partial charge in [-0.15, -0.1) is 0 Å². The third-order valence-corrected chi connectivity index (χ3v) is 6.87. The van der Waals surface area contributed by atoms with Crippen molar-refractivity contribution in [1.29, 1.82) is 0 Å². The van der Waals surface area contributed by atoms with Crippen LogP contribution in [-0.4, -0.2) is 73.6 Å². The van der Waals surface area contributed by atoms with Gasteiger partial charge in [0, 0.05) is 50.6 Å². The van der Waals surface area contributed by atoms with E-state index in [0.29, 0.717) is 38.2 Å². The number of amides is 1. The molecule has 0 unspecified atom stereocenters. The van der Waals surface area contributed by atoms with Gasteiger partial charge in [-0.05, 0) is 30.7 Å². The average Bonchev–Trinajstić information content (AvgIpc) is 3.00. The van der Waals surface area contributed by atoms with Gasteiger partial charge in [-0.2, -0.15) is 0 Å². The molecule has 0 aliphatic carbocycles. The number of ketones is 1. The second-order valence-electron chi connectivity index (χ2n) is 6.90. The Labute approximate surface area is 152 Å². The number of Topliss-reactive ketones (excluding diaryl/α,β-unsaturated/α-hetero) is 1. The Bertz CT molecular complexity index is 771. The van der Waals surface area contributed by atoms with E-state index in [-0.39, 0.29) is 42.1 Å². The van der Waals surface area contributed by atoms with Gasteiger partial charge in [0.25, 0.3) is 0 Å². The lowest BCUT2D eigenvalue weighted by molar-refractivity contribution is -0.133. The molecule has 2 aliphatic heterocycles. The summed E-state index contributed by atoms with van der Waals surface area (Å²) in [5, 5.41) is 0. The summed E-state index contributed by atoms with van der Waals surface area (Å²) < 4.78 is 36.1. The first kappa shape index (κ1) is 19.0. The maximum absolute atomic E-state index is 12.9. The fourth-order valence-corrected chi connectivity index (χ4v) is 5.32. The second-order valence-corrected chi connectivity index (χ2v) is 9.13. The molecule has 1 aromatic carbocycles. The molecule has 2 fully saturated rings. The molecule has 0 aromatic heterocycles. The molecule has 3 rings (SSSR count). The van der Waals surface area contributed by atoms with Gasteiger partial charge in [0.15, 0.2) is 15.6 Å². The van der Waals surface area contributed by atoms with Gasteiger partial charge < -0.3 is 4.90 Å². The number of carbonyl (C=O) groups excluding carboxylic acids is 2. The van der Waals surface area contributed by atoms with Gasteiger partial charge >= 0.3 is 0 Å². The van der Waals surface area contributed by atoms with Crippen LogP contribution in [0.25, 0.3) is 0 Å². The minimum Gasteiger partial charge on any atom is -0.340 e. The van der Waals surface area contributed by atoms with Crippen LogP contribution in [0.15, 0.2) is 24.3 Å². The van der Waals surface area contributed by atoms with Crippen molar-refractivity contribution in [3.05, 3.63) is 35.6 Å². The molecule has 1 atom stereocenters. The normalized spacial score (nSPS) is 23.1. The molecule has 2 saturated heterocycles. The quantitative estimate of drug-likeness (QED) is 0.714. The fourth-order valence-electron chi connectivity index (χ4n) is 3.56. The molecule has 0 radical (unpaired) electrons. The zero-order valence-electron chi connectivity index (χ0n) is 14.6. The highest BCUT2D eigenvalue weighted by Crippen LogP contribution is 2.19. The molecule has 8 heteroatoms. The van der Waals surface area contributed by atoms with Gasteiger partial charge in [-0.3, -0.25) is 14.5 Å².